The number of ether oxygens (including phenoxy) is 1. The van der Waals surface area contributed by atoms with Gasteiger partial charge in [0.2, 0.25) is 5.95 Å². The maximum Gasteiger partial charge on any atom is 1.00 e. The van der Waals surface area contributed by atoms with Gasteiger partial charge in [-0.15, -0.1) is 0 Å². The Morgan fingerprint density at radius 2 is 1.65 bits per heavy atom. The Morgan fingerprint density at radius 1 is 1.05 bits per heavy atom. The summed E-state index contributed by atoms with van der Waals surface area (Å²) in [5.41, 5.74) is 5.95. The quantitative estimate of drug-likeness (QED) is 0.163. The number of nitrogens with two attached hydrogens (primary N) is 1. The fourth-order valence-corrected chi connectivity index (χ4v) is 5.70. The van der Waals surface area contributed by atoms with Crippen LogP contribution in [0.3, 0.4) is 0 Å². The van der Waals surface area contributed by atoms with Gasteiger partial charge in [0.1, 0.15) is 18.3 Å². The van der Waals surface area contributed by atoms with Crippen LogP contribution in [0.25, 0.3) is 11.2 Å². The second kappa shape index (κ2) is 15.2. The van der Waals surface area contributed by atoms with Crippen LogP contribution in [0.4, 0.5) is 11.8 Å². The molecule has 2 aromatic rings. The molecule has 0 aliphatic carbocycles. The van der Waals surface area contributed by atoms with Crippen molar-refractivity contribution in [2.24, 2.45) is 0 Å². The van der Waals surface area contributed by atoms with Crippen molar-refractivity contribution in [2.45, 2.75) is 24.5 Å². The van der Waals surface area contributed by atoms with Gasteiger partial charge in [-0.3, -0.25) is 18.0 Å². The summed E-state index contributed by atoms with van der Waals surface area (Å²) in [5, 5.41) is 23.3. The van der Waals surface area contributed by atoms with E-state index >= 15 is 0 Å². The summed E-state index contributed by atoms with van der Waals surface area (Å²) in [6.07, 6.45) is -5.17. The third-order valence-corrected chi connectivity index (χ3v) is 7.75. The Bertz CT molecular complexity index is 1190. The van der Waals surface area contributed by atoms with Gasteiger partial charge in [-0.05, 0) is 0 Å². The summed E-state index contributed by atoms with van der Waals surface area (Å²) in [5.74, 6) is 0.0921. The van der Waals surface area contributed by atoms with Crippen molar-refractivity contribution >= 4 is 46.4 Å². The summed E-state index contributed by atoms with van der Waals surface area (Å²) in [6.45, 7) is -1.09. The van der Waals surface area contributed by atoms with E-state index in [4.69, 9.17) is 10.5 Å². The van der Waals surface area contributed by atoms with Crippen LogP contribution in [0.1, 0.15) is 6.23 Å². The normalized spacial score (nSPS) is 24.4. The van der Waals surface area contributed by atoms with E-state index in [0.29, 0.717) is 0 Å². The van der Waals surface area contributed by atoms with Crippen LogP contribution in [0.5, 0.6) is 0 Å². The van der Waals surface area contributed by atoms with Gasteiger partial charge in [0.05, 0.1) is 20.8 Å². The monoisotopic (exact) mass is 560 g/mol. The number of anilines is 2. The summed E-state index contributed by atoms with van der Waals surface area (Å²) in [4.78, 5) is 55.5. The third-order valence-electron chi connectivity index (χ3n) is 4.08. The van der Waals surface area contributed by atoms with Crippen LogP contribution in [-0.2, 0) is 31.6 Å². The molecule has 26 heteroatoms. The number of aliphatic hydroxyl groups is 2. The Kier molecular flexibility index (Phi) is 16.4. The van der Waals surface area contributed by atoms with E-state index in [9.17, 15) is 43.5 Å². The summed E-state index contributed by atoms with van der Waals surface area (Å²) in [6, 6.07) is 0. The Labute approximate surface area is 256 Å². The number of phosphoric ester groups is 1. The molecular formula is C11H15Li4N6O13P3. The molecule has 37 heavy (non-hydrogen) atoms. The fraction of sp³-hybridized carbons (Fsp3) is 0.545. The van der Waals surface area contributed by atoms with E-state index in [2.05, 4.69) is 33.4 Å². The molecule has 0 spiro atoms. The molecule has 186 valence electrons. The molecule has 0 saturated carbocycles. The first kappa shape index (κ1) is 40.0. The van der Waals surface area contributed by atoms with Crippen molar-refractivity contribution < 1.29 is 137 Å². The van der Waals surface area contributed by atoms with Crippen molar-refractivity contribution in [3.05, 3.63) is 6.33 Å². The largest absolute Gasteiger partial charge is 1.00 e. The van der Waals surface area contributed by atoms with Crippen LogP contribution < -0.4 is 106 Å². The molecular weight excluding hydrogens is 545 g/mol. The molecule has 3 rings (SSSR count). The molecule has 2 aromatic heterocycles. The number of aromatic nitrogens is 4. The van der Waals surface area contributed by atoms with Crippen LogP contribution in [0.15, 0.2) is 6.33 Å². The molecule has 3 heterocycles. The Morgan fingerprint density at radius 3 is 2.19 bits per heavy atom. The topological polar surface area (TPSA) is 302 Å². The number of aliphatic hydroxyl groups excluding tert-OH is 2. The van der Waals surface area contributed by atoms with Crippen molar-refractivity contribution in [1.82, 2.24) is 19.5 Å². The molecule has 6 atom stereocenters. The molecule has 0 bridgehead atoms. The number of hydrogen-bond donors (Lipinski definition) is 4. The molecule has 19 nitrogen and oxygen atoms in total. The number of hydrogen-bond acceptors (Lipinski definition) is 18. The standard InChI is InChI=1S/C11H19N6O13P3.4Li/c1-13-8-5-9(16-11(12)15-8)17(3-14-5)10-7(19)6(18)4(28-10)2-27-32(23,24)30-33(25,26)29-31(20,21)22;;;;/h3-4,6-7,10,18-19H,2H2,1H3,(H,23,24)(H,25,26)(H2,20,21,22)(H3,12,13,15,16);;;;/q;4*+1/p-4. The van der Waals surface area contributed by atoms with Gasteiger partial charge in [-0.2, -0.15) is 9.97 Å². The maximum absolute atomic E-state index is 11.7. The smallest absolute Gasteiger partial charge is 0.790 e. The molecule has 5 N–H and O–H groups in total. The fourth-order valence-electron chi connectivity index (χ4n) is 2.84. The van der Waals surface area contributed by atoms with Crippen LogP contribution >= 0.6 is 23.5 Å². The van der Waals surface area contributed by atoms with E-state index in [1.165, 1.54) is 10.9 Å². The minimum Gasteiger partial charge on any atom is -0.790 e. The molecule has 1 aliphatic heterocycles. The van der Waals surface area contributed by atoms with Crippen molar-refractivity contribution in [3.8, 4) is 0 Å². The number of nitrogens with one attached hydrogen (secondary N) is 1. The van der Waals surface area contributed by atoms with E-state index in [1.807, 2.05) is 0 Å². The molecule has 1 saturated heterocycles. The van der Waals surface area contributed by atoms with Gasteiger partial charge in [-0.25, -0.2) is 9.29 Å². The second-order valence-electron chi connectivity index (χ2n) is 6.35. The predicted molar refractivity (Wildman–Crippen MR) is 96.1 cm³/mol. The minimum atomic E-state index is -6.15. The van der Waals surface area contributed by atoms with Gasteiger partial charge in [-0.1, -0.05) is 0 Å². The minimum absolute atomic E-state index is 0. The number of fused-ring (bicyclic) bond motifs is 1. The van der Waals surface area contributed by atoms with E-state index < -0.39 is 54.6 Å². The van der Waals surface area contributed by atoms with Crippen LogP contribution in [0, 0.1) is 0 Å². The predicted octanol–water partition coefficient (Wildman–Crippen LogP) is -16.1. The van der Waals surface area contributed by atoms with Crippen LogP contribution in [0.2, 0.25) is 0 Å². The number of nitrogen functional groups attached to an aromatic ring is 1. The van der Waals surface area contributed by atoms with Crippen molar-refractivity contribution in [3.63, 3.8) is 0 Å². The molecule has 6 unspecified atom stereocenters. The van der Waals surface area contributed by atoms with Gasteiger partial charge >= 0.3 is 75.4 Å². The average molecular weight is 560 g/mol. The first-order chi connectivity index (χ1) is 15.1. The number of nitrogens with zero attached hydrogens (tertiary/aromatic N) is 4. The number of rotatable bonds is 9. The van der Waals surface area contributed by atoms with E-state index in [1.54, 1.807) is 7.05 Å². The Hall–Kier alpha value is 0.830. The van der Waals surface area contributed by atoms with Crippen molar-refractivity contribution in [2.75, 3.05) is 24.7 Å². The number of phosphoric acid groups is 3. The molecule has 0 radical (unpaired) electrons. The van der Waals surface area contributed by atoms with E-state index in [-0.39, 0.29) is 98.4 Å². The second-order valence-corrected chi connectivity index (χ2v) is 10.6. The first-order valence-electron chi connectivity index (χ1n) is 8.53. The third kappa shape index (κ3) is 10.3. The van der Waals surface area contributed by atoms with E-state index in [0.717, 1.165) is 0 Å². The molecule has 1 fully saturated rings. The summed E-state index contributed by atoms with van der Waals surface area (Å²) >= 11 is 0. The summed E-state index contributed by atoms with van der Waals surface area (Å²) < 4.78 is 50.5. The van der Waals surface area contributed by atoms with Gasteiger partial charge in [0.25, 0.3) is 15.6 Å². The van der Waals surface area contributed by atoms with Gasteiger partial charge in [0, 0.05) is 7.05 Å². The SMILES string of the molecule is CNc1nc(N)nc2c1ncn2C1OC(COP(=O)([O-])OP(=O)([O-])OP(=O)([O-])[O-])C(O)C1O.[Li+].[Li+].[Li+].[Li+]. The Balaban J connectivity index is 0. The zero-order chi connectivity index (χ0) is 24.8. The first-order valence-corrected chi connectivity index (χ1v) is 12.9. The molecule has 0 amide bonds. The number of imidazole rings is 1. The van der Waals surface area contributed by atoms with Crippen LogP contribution in [-0.4, -0.2) is 61.7 Å². The average Bonchev–Trinajstić information content (AvgIpc) is 3.18. The maximum atomic E-state index is 11.7. The zero-order valence-corrected chi connectivity index (χ0v) is 22.9. The molecule has 1 aliphatic rings. The van der Waals surface area contributed by atoms with Gasteiger partial charge < -0.3 is 54.7 Å². The van der Waals surface area contributed by atoms with Crippen molar-refractivity contribution in [1.29, 1.82) is 0 Å². The zero-order valence-electron chi connectivity index (χ0n) is 20.2. The van der Waals surface area contributed by atoms with Gasteiger partial charge in [0.15, 0.2) is 23.2 Å². The molecule has 0 aromatic carbocycles. The summed E-state index contributed by atoms with van der Waals surface area (Å²) in [7, 11) is -16.6.